The number of fused-ring (bicyclic) bond motifs is 1. The molecule has 2 amide bonds. The minimum absolute atomic E-state index is 0.109. The minimum Gasteiger partial charge on any atom is -0.459 e. The molecule has 0 bridgehead atoms. The summed E-state index contributed by atoms with van der Waals surface area (Å²) in [6.07, 6.45) is 0.250. The zero-order chi connectivity index (χ0) is 25.7. The number of carbonyl (C=O) groups is 3. The Bertz CT molecular complexity index is 1290. The molecule has 8 nitrogen and oxygen atoms in total. The monoisotopic (exact) mass is 530 g/mol. The van der Waals surface area contributed by atoms with Crippen LogP contribution < -0.4 is 4.90 Å². The van der Waals surface area contributed by atoms with Crippen molar-refractivity contribution < 1.29 is 28.7 Å². The molecule has 2 aliphatic rings. The molecule has 1 fully saturated rings. The molecule has 2 aliphatic heterocycles. The van der Waals surface area contributed by atoms with Crippen molar-refractivity contribution >= 4 is 75.1 Å². The normalized spacial score (nSPS) is 16.6. The number of thiocarbonyl (C=S) groups is 1. The van der Waals surface area contributed by atoms with E-state index in [4.69, 9.17) is 38.1 Å². The highest BCUT2D eigenvalue weighted by Gasteiger charge is 2.42. The summed E-state index contributed by atoms with van der Waals surface area (Å²) >= 11 is 12.6. The number of hydrogen-bond donors (Lipinski definition) is 0. The number of likely N-dealkylation sites (N-methyl/N-ethyl adjacent to an activating group) is 1. The topological polar surface area (TPSA) is 101 Å². The van der Waals surface area contributed by atoms with E-state index in [1.165, 1.54) is 9.80 Å². The third-order valence-corrected chi connectivity index (χ3v) is 6.82. The first-order valence-electron chi connectivity index (χ1n) is 10.3. The number of ether oxygens (including phenoxy) is 1. The average molecular weight is 531 g/mol. The molecule has 0 saturated carbocycles. The molecule has 11 heteroatoms. The first-order valence-corrected chi connectivity index (χ1v) is 11.9. The lowest BCUT2D eigenvalue weighted by atomic mass is 10.1. The molecule has 0 spiro atoms. The van der Waals surface area contributed by atoms with Crippen LogP contribution in [-0.2, 0) is 35.3 Å². The van der Waals surface area contributed by atoms with Gasteiger partial charge in [-0.05, 0) is 37.6 Å². The number of carbonyl (C=O) groups excluding carboxylic acids is 5. The molecule has 1 saturated heterocycles. The second-order valence-corrected chi connectivity index (χ2v) is 9.49. The van der Waals surface area contributed by atoms with Crippen LogP contribution in [0.1, 0.15) is 23.6 Å². The summed E-state index contributed by atoms with van der Waals surface area (Å²) in [6.45, 7) is 4.01. The van der Waals surface area contributed by atoms with Gasteiger partial charge in [-0.3, -0.25) is 24.2 Å². The van der Waals surface area contributed by atoms with Crippen molar-refractivity contribution in [3.63, 3.8) is 0 Å². The van der Waals surface area contributed by atoms with Crippen LogP contribution in [0.3, 0.4) is 0 Å². The lowest BCUT2D eigenvalue weighted by molar-refractivity contribution is -0.191. The summed E-state index contributed by atoms with van der Waals surface area (Å²) in [4.78, 5) is 58.0. The van der Waals surface area contributed by atoms with Crippen LogP contribution in [0.2, 0.25) is 5.02 Å². The number of hydrogen-bond acceptors (Lipinski definition) is 8. The maximum Gasteiger partial charge on any atom is 0.373 e. The largest absolute Gasteiger partial charge is 0.459 e. The molecule has 4 rings (SSSR count). The predicted molar refractivity (Wildman–Crippen MR) is 134 cm³/mol. The average Bonchev–Trinajstić information content (AvgIpc) is 3.24. The molecule has 2 heterocycles. The second kappa shape index (κ2) is 11.4. The van der Waals surface area contributed by atoms with Crippen molar-refractivity contribution in [3.05, 3.63) is 69.1 Å². The zero-order valence-electron chi connectivity index (χ0n) is 18.7. The van der Waals surface area contributed by atoms with E-state index in [2.05, 4.69) is 0 Å². The van der Waals surface area contributed by atoms with Crippen molar-refractivity contribution in [1.82, 2.24) is 4.90 Å². The van der Waals surface area contributed by atoms with Gasteiger partial charge in [-0.1, -0.05) is 65.4 Å². The van der Waals surface area contributed by atoms with Gasteiger partial charge in [0.25, 0.3) is 11.8 Å². The van der Waals surface area contributed by atoms with Gasteiger partial charge in [-0.25, -0.2) is 0 Å². The molecule has 2 aromatic carbocycles. The van der Waals surface area contributed by atoms with Crippen molar-refractivity contribution in [2.75, 3.05) is 18.0 Å². The van der Waals surface area contributed by atoms with Gasteiger partial charge in [0, 0.05) is 17.1 Å². The molecule has 0 atom stereocenters. The van der Waals surface area contributed by atoms with E-state index in [9.17, 15) is 14.4 Å². The van der Waals surface area contributed by atoms with Gasteiger partial charge >= 0.3 is 12.1 Å². The van der Waals surface area contributed by atoms with E-state index in [0.29, 0.717) is 27.1 Å². The molecule has 0 aromatic heterocycles. The lowest BCUT2D eigenvalue weighted by Gasteiger charge is -2.16. The number of rotatable bonds is 5. The first-order chi connectivity index (χ1) is 16.7. The van der Waals surface area contributed by atoms with Crippen LogP contribution in [0.5, 0.6) is 0 Å². The number of aryl methyl sites for hydroxylation is 1. The molecule has 0 N–H and O–H groups in total. The van der Waals surface area contributed by atoms with Crippen LogP contribution in [-0.4, -0.2) is 46.2 Å². The van der Waals surface area contributed by atoms with Gasteiger partial charge < -0.3 is 4.74 Å². The van der Waals surface area contributed by atoms with E-state index in [1.807, 2.05) is 38.1 Å². The molecular formula is C24H19ClN2O6S2. The van der Waals surface area contributed by atoms with Crippen molar-refractivity contribution in [1.29, 1.82) is 0 Å². The van der Waals surface area contributed by atoms with E-state index in [1.54, 1.807) is 18.2 Å². The maximum atomic E-state index is 13.4. The van der Waals surface area contributed by atoms with Gasteiger partial charge in [0.1, 0.15) is 17.5 Å². The maximum absolute atomic E-state index is 13.4. The van der Waals surface area contributed by atoms with E-state index >= 15 is 0 Å². The second-order valence-electron chi connectivity index (χ2n) is 7.41. The third kappa shape index (κ3) is 5.68. The van der Waals surface area contributed by atoms with Crippen LogP contribution in [0, 0.1) is 6.92 Å². The fourth-order valence-corrected chi connectivity index (χ4v) is 5.27. The third-order valence-electron chi connectivity index (χ3n) is 5.14. The fraction of sp³-hybridized carbons (Fsp3) is 0.208. The molecule has 0 radical (unpaired) electrons. The summed E-state index contributed by atoms with van der Waals surface area (Å²) in [6, 6.07) is 12.6. The van der Waals surface area contributed by atoms with Gasteiger partial charge in [-0.2, -0.15) is 9.59 Å². The Balaban J connectivity index is 0.00000108. The summed E-state index contributed by atoms with van der Waals surface area (Å²) < 4.78 is 5.79. The van der Waals surface area contributed by atoms with E-state index < -0.39 is 11.9 Å². The first kappa shape index (κ1) is 26.3. The Morgan fingerprint density at radius 1 is 1.11 bits per heavy atom. The van der Waals surface area contributed by atoms with Crippen molar-refractivity contribution in [3.8, 4) is 0 Å². The Kier molecular flexibility index (Phi) is 8.58. The number of nitrogens with zero attached hydrogens (tertiary/aromatic N) is 2. The van der Waals surface area contributed by atoms with Crippen LogP contribution in [0.4, 0.5) is 5.69 Å². The summed E-state index contributed by atoms with van der Waals surface area (Å²) in [5.74, 6) is -1.32. The van der Waals surface area contributed by atoms with E-state index in [0.717, 1.165) is 22.9 Å². The summed E-state index contributed by atoms with van der Waals surface area (Å²) in [5, 5.41) is 0.420. The Hall–Kier alpha value is -3.30. The van der Waals surface area contributed by atoms with Gasteiger partial charge in [0.2, 0.25) is 0 Å². The fourth-order valence-electron chi connectivity index (χ4n) is 3.64. The molecule has 2 aromatic rings. The summed E-state index contributed by atoms with van der Waals surface area (Å²) in [5.41, 5.74) is 3.15. The molecule has 180 valence electrons. The number of benzene rings is 2. The Morgan fingerprint density at radius 3 is 2.46 bits per heavy atom. The number of thioether (sulfide) groups is 1. The number of esters is 1. The zero-order valence-corrected chi connectivity index (χ0v) is 21.1. The van der Waals surface area contributed by atoms with Crippen molar-refractivity contribution in [2.45, 2.75) is 20.5 Å². The minimum atomic E-state index is -0.553. The Labute approximate surface area is 215 Å². The standard InChI is InChI=1S/C23H19ClN2O4S2.CO2/c1-3-25-22(29)20(32-23(25)31)19-16-10-15(24)7-8-17(16)26(21(19)28)11-18(27)30-12-14-6-4-5-13(2)9-14;2-1-3/h4-10H,3,11-12H2,1-2H3;/b20-19-;. The van der Waals surface area contributed by atoms with Crippen LogP contribution in [0.15, 0.2) is 47.4 Å². The van der Waals surface area contributed by atoms with Crippen molar-refractivity contribution in [2.24, 2.45) is 0 Å². The lowest BCUT2D eigenvalue weighted by Crippen LogP contribution is -2.33. The summed E-state index contributed by atoms with van der Waals surface area (Å²) in [7, 11) is 0. The number of halogens is 1. The highest BCUT2D eigenvalue weighted by molar-refractivity contribution is 8.26. The Morgan fingerprint density at radius 2 is 1.83 bits per heavy atom. The number of amides is 2. The smallest absolute Gasteiger partial charge is 0.373 e. The molecule has 0 unspecified atom stereocenters. The molecule has 35 heavy (non-hydrogen) atoms. The number of anilines is 1. The van der Waals surface area contributed by atoms with Crippen LogP contribution in [0.25, 0.3) is 5.57 Å². The van der Waals surface area contributed by atoms with Gasteiger partial charge in [0.15, 0.2) is 0 Å². The van der Waals surface area contributed by atoms with Crippen LogP contribution >= 0.6 is 35.6 Å². The highest BCUT2D eigenvalue weighted by atomic mass is 35.5. The highest BCUT2D eigenvalue weighted by Crippen LogP contribution is 2.45. The molecular weight excluding hydrogens is 512 g/mol. The predicted octanol–water partition coefficient (Wildman–Crippen LogP) is 3.75. The SMILES string of the molecule is CCN1C(=O)/C(=C2/C(=O)N(CC(=O)OCc3cccc(C)c3)c3ccc(Cl)cc32)SC1=S.O=C=O. The van der Waals surface area contributed by atoms with Gasteiger partial charge in [-0.15, -0.1) is 0 Å². The van der Waals surface area contributed by atoms with E-state index in [-0.39, 0.29) is 35.7 Å². The quantitative estimate of drug-likeness (QED) is 0.327. The van der Waals surface area contributed by atoms with Gasteiger partial charge in [0.05, 0.1) is 16.2 Å². The molecule has 0 aliphatic carbocycles.